The maximum atomic E-state index is 10.6. The van der Waals surface area contributed by atoms with Gasteiger partial charge in [-0.1, -0.05) is 18.2 Å². The van der Waals surface area contributed by atoms with Gasteiger partial charge in [0.1, 0.15) is 5.75 Å². The van der Waals surface area contributed by atoms with Gasteiger partial charge >= 0.3 is 0 Å². The molecule has 1 N–H and O–H groups in total. The van der Waals surface area contributed by atoms with E-state index in [0.717, 1.165) is 16.2 Å². The average molecular weight is 260 g/mol. The number of rotatable bonds is 2. The number of benzene rings is 1. The SMILES string of the molecule is Cc1cc(C)c(C(O)C2COc3ccccc32)s1. The third-order valence-corrected chi connectivity index (χ3v) is 4.69. The predicted octanol–water partition coefficient (Wildman–Crippen LogP) is 3.57. The maximum Gasteiger partial charge on any atom is 0.123 e. The molecule has 18 heavy (non-hydrogen) atoms. The van der Waals surface area contributed by atoms with E-state index < -0.39 is 6.10 Å². The zero-order valence-electron chi connectivity index (χ0n) is 10.5. The lowest BCUT2D eigenvalue weighted by molar-refractivity contribution is 0.133. The Kier molecular flexibility index (Phi) is 2.88. The van der Waals surface area contributed by atoms with Gasteiger partial charge in [0.2, 0.25) is 0 Å². The van der Waals surface area contributed by atoms with Crippen molar-refractivity contribution in [1.29, 1.82) is 0 Å². The van der Waals surface area contributed by atoms with Crippen LogP contribution in [0, 0.1) is 13.8 Å². The Bertz CT molecular complexity index is 574. The lowest BCUT2D eigenvalue weighted by Crippen LogP contribution is -2.11. The first-order valence-electron chi connectivity index (χ1n) is 6.13. The third kappa shape index (κ3) is 1.84. The molecule has 0 fully saturated rings. The minimum absolute atomic E-state index is 0.0537. The van der Waals surface area contributed by atoms with Crippen molar-refractivity contribution in [3.05, 3.63) is 51.2 Å². The normalized spacial score (nSPS) is 19.4. The zero-order chi connectivity index (χ0) is 12.7. The van der Waals surface area contributed by atoms with Crippen LogP contribution in [0.15, 0.2) is 30.3 Å². The molecule has 3 heteroatoms. The minimum atomic E-state index is -0.465. The third-order valence-electron chi connectivity index (χ3n) is 3.47. The highest BCUT2D eigenvalue weighted by atomic mass is 32.1. The van der Waals surface area contributed by atoms with Gasteiger partial charge in [-0.2, -0.15) is 0 Å². The lowest BCUT2D eigenvalue weighted by Gasteiger charge is -2.16. The molecule has 0 saturated carbocycles. The quantitative estimate of drug-likeness (QED) is 0.894. The van der Waals surface area contributed by atoms with Gasteiger partial charge in [-0.25, -0.2) is 0 Å². The smallest absolute Gasteiger partial charge is 0.123 e. The molecule has 2 heterocycles. The first-order valence-corrected chi connectivity index (χ1v) is 6.95. The van der Waals surface area contributed by atoms with E-state index in [4.69, 9.17) is 4.74 Å². The maximum absolute atomic E-state index is 10.6. The van der Waals surface area contributed by atoms with E-state index in [1.165, 1.54) is 10.4 Å². The summed E-state index contributed by atoms with van der Waals surface area (Å²) in [5.41, 5.74) is 2.30. The molecular formula is C15H16O2S. The Labute approximate surface area is 111 Å². The predicted molar refractivity (Wildman–Crippen MR) is 73.4 cm³/mol. The van der Waals surface area contributed by atoms with E-state index in [9.17, 15) is 5.11 Å². The number of fused-ring (bicyclic) bond motifs is 1. The summed E-state index contributed by atoms with van der Waals surface area (Å²) in [6.07, 6.45) is -0.465. The summed E-state index contributed by atoms with van der Waals surface area (Å²) >= 11 is 1.68. The lowest BCUT2D eigenvalue weighted by atomic mass is 9.93. The van der Waals surface area contributed by atoms with Crippen LogP contribution in [0.1, 0.15) is 32.9 Å². The molecule has 2 atom stereocenters. The molecule has 0 spiro atoms. The van der Waals surface area contributed by atoms with Crippen molar-refractivity contribution in [2.75, 3.05) is 6.61 Å². The molecule has 1 aromatic carbocycles. The Hall–Kier alpha value is -1.32. The van der Waals surface area contributed by atoms with Gasteiger partial charge in [0.05, 0.1) is 18.6 Å². The van der Waals surface area contributed by atoms with Gasteiger partial charge in [0.25, 0.3) is 0 Å². The van der Waals surface area contributed by atoms with E-state index >= 15 is 0 Å². The van der Waals surface area contributed by atoms with Gasteiger partial charge in [0.15, 0.2) is 0 Å². The Morgan fingerprint density at radius 3 is 2.83 bits per heavy atom. The van der Waals surface area contributed by atoms with Crippen molar-refractivity contribution in [2.24, 2.45) is 0 Å². The fourth-order valence-corrected chi connectivity index (χ4v) is 3.67. The van der Waals surface area contributed by atoms with Gasteiger partial charge in [-0.15, -0.1) is 11.3 Å². The van der Waals surface area contributed by atoms with Crippen LogP contribution in [0.5, 0.6) is 5.75 Å². The summed E-state index contributed by atoms with van der Waals surface area (Å²) < 4.78 is 5.64. The number of thiophene rings is 1. The summed E-state index contributed by atoms with van der Waals surface area (Å²) in [5, 5.41) is 10.6. The first kappa shape index (κ1) is 11.8. The second-order valence-corrected chi connectivity index (χ2v) is 6.09. The molecule has 0 aliphatic carbocycles. The number of aryl methyl sites for hydroxylation is 2. The monoisotopic (exact) mass is 260 g/mol. The summed E-state index contributed by atoms with van der Waals surface area (Å²) in [7, 11) is 0. The molecule has 1 aliphatic rings. The topological polar surface area (TPSA) is 29.5 Å². The summed E-state index contributed by atoms with van der Waals surface area (Å²) in [4.78, 5) is 2.31. The second-order valence-electron chi connectivity index (χ2n) is 4.80. The Morgan fingerprint density at radius 1 is 1.33 bits per heavy atom. The molecule has 2 nitrogen and oxygen atoms in total. The molecule has 2 aromatic rings. The van der Waals surface area contributed by atoms with Crippen molar-refractivity contribution >= 4 is 11.3 Å². The largest absolute Gasteiger partial charge is 0.493 e. The molecule has 1 aromatic heterocycles. The molecule has 0 saturated heterocycles. The highest BCUT2D eigenvalue weighted by Gasteiger charge is 2.32. The van der Waals surface area contributed by atoms with Crippen molar-refractivity contribution in [3.63, 3.8) is 0 Å². The summed E-state index contributed by atoms with van der Waals surface area (Å²) in [6.45, 7) is 4.70. The van der Waals surface area contributed by atoms with Crippen LogP contribution in [0.3, 0.4) is 0 Å². The van der Waals surface area contributed by atoms with Crippen LogP contribution < -0.4 is 4.74 Å². The molecular weight excluding hydrogens is 244 g/mol. The number of aliphatic hydroxyl groups excluding tert-OH is 1. The van der Waals surface area contributed by atoms with E-state index in [1.54, 1.807) is 11.3 Å². The molecule has 3 rings (SSSR count). The average Bonchev–Trinajstić information content (AvgIpc) is 2.92. The van der Waals surface area contributed by atoms with Gasteiger partial charge in [-0.3, -0.25) is 0 Å². The number of hydrogen-bond acceptors (Lipinski definition) is 3. The Morgan fingerprint density at radius 2 is 2.11 bits per heavy atom. The molecule has 1 aliphatic heterocycles. The van der Waals surface area contributed by atoms with Crippen LogP contribution in [0.2, 0.25) is 0 Å². The highest BCUT2D eigenvalue weighted by Crippen LogP contribution is 2.43. The van der Waals surface area contributed by atoms with Gasteiger partial charge in [-0.05, 0) is 31.5 Å². The molecule has 2 unspecified atom stereocenters. The minimum Gasteiger partial charge on any atom is -0.493 e. The van der Waals surface area contributed by atoms with Crippen LogP contribution in [-0.2, 0) is 0 Å². The standard InChI is InChI=1S/C15H16O2S/c1-9-7-10(2)18-15(9)14(16)12-8-17-13-6-4-3-5-11(12)13/h3-7,12,14,16H,8H2,1-2H3. The van der Waals surface area contributed by atoms with Crippen molar-refractivity contribution < 1.29 is 9.84 Å². The van der Waals surface area contributed by atoms with Crippen LogP contribution in [0.25, 0.3) is 0 Å². The number of hydrogen-bond donors (Lipinski definition) is 1. The molecule has 0 radical (unpaired) electrons. The second kappa shape index (κ2) is 4.41. The highest BCUT2D eigenvalue weighted by molar-refractivity contribution is 7.12. The fraction of sp³-hybridized carbons (Fsp3) is 0.333. The number of para-hydroxylation sites is 1. The fourth-order valence-electron chi connectivity index (χ4n) is 2.58. The molecule has 94 valence electrons. The van der Waals surface area contributed by atoms with Crippen LogP contribution >= 0.6 is 11.3 Å². The van der Waals surface area contributed by atoms with E-state index in [0.29, 0.717) is 6.61 Å². The van der Waals surface area contributed by atoms with Gasteiger partial charge < -0.3 is 9.84 Å². The number of ether oxygens (including phenoxy) is 1. The van der Waals surface area contributed by atoms with Crippen LogP contribution in [0.4, 0.5) is 0 Å². The number of aliphatic hydroxyl groups is 1. The van der Waals surface area contributed by atoms with Gasteiger partial charge in [0, 0.05) is 15.3 Å². The molecule has 0 bridgehead atoms. The summed E-state index contributed by atoms with van der Waals surface area (Å²) in [5.74, 6) is 0.963. The zero-order valence-corrected chi connectivity index (χ0v) is 11.3. The van der Waals surface area contributed by atoms with Crippen molar-refractivity contribution in [3.8, 4) is 5.75 Å². The Balaban J connectivity index is 1.95. The van der Waals surface area contributed by atoms with E-state index in [-0.39, 0.29) is 5.92 Å². The van der Waals surface area contributed by atoms with Crippen molar-refractivity contribution in [2.45, 2.75) is 25.9 Å². The van der Waals surface area contributed by atoms with Crippen molar-refractivity contribution in [1.82, 2.24) is 0 Å². The first-order chi connectivity index (χ1) is 8.66. The summed E-state index contributed by atoms with van der Waals surface area (Å²) in [6, 6.07) is 10.1. The van der Waals surface area contributed by atoms with E-state index in [2.05, 4.69) is 19.9 Å². The van der Waals surface area contributed by atoms with E-state index in [1.807, 2.05) is 24.3 Å². The van der Waals surface area contributed by atoms with Crippen LogP contribution in [-0.4, -0.2) is 11.7 Å². The molecule has 0 amide bonds.